The Labute approximate surface area is 77.0 Å². The lowest BCUT2D eigenvalue weighted by Crippen LogP contribution is -2.22. The zero-order chi connectivity index (χ0) is 8.84. The third-order valence-electron chi connectivity index (χ3n) is 2.92. The highest BCUT2D eigenvalue weighted by molar-refractivity contribution is 5.55. The molecule has 0 saturated heterocycles. The van der Waals surface area contributed by atoms with E-state index in [4.69, 9.17) is 0 Å². The fraction of sp³-hybridized carbons (Fsp3) is 0.167. The number of allylic oxidation sites excluding steroid dienone is 4. The lowest BCUT2D eigenvalue weighted by molar-refractivity contribution is 0.470. The van der Waals surface area contributed by atoms with E-state index in [1.54, 1.807) is 6.07 Å². The molecule has 3 rings (SSSR count). The van der Waals surface area contributed by atoms with Crippen LogP contribution >= 0.6 is 0 Å². The largest absolute Gasteiger partial charge is 0.508 e. The van der Waals surface area contributed by atoms with E-state index >= 15 is 0 Å². The molecule has 0 saturated carbocycles. The summed E-state index contributed by atoms with van der Waals surface area (Å²) in [6.45, 7) is 0. The summed E-state index contributed by atoms with van der Waals surface area (Å²) in [5.41, 5.74) is 2.65. The Balaban J connectivity index is 2.15. The van der Waals surface area contributed by atoms with E-state index in [0.29, 0.717) is 17.6 Å². The molecule has 2 atom stereocenters. The van der Waals surface area contributed by atoms with Crippen molar-refractivity contribution < 1.29 is 5.11 Å². The number of fused-ring (bicyclic) bond motifs is 4. The van der Waals surface area contributed by atoms with E-state index < -0.39 is 0 Å². The number of hydrogen-bond donors (Lipinski definition) is 1. The molecule has 1 heteroatoms. The van der Waals surface area contributed by atoms with Crippen LogP contribution in [0.5, 0.6) is 5.75 Å². The lowest BCUT2D eigenvalue weighted by Gasteiger charge is -2.37. The van der Waals surface area contributed by atoms with Crippen molar-refractivity contribution in [1.82, 2.24) is 0 Å². The molecule has 0 bridgehead atoms. The van der Waals surface area contributed by atoms with E-state index in [2.05, 4.69) is 24.3 Å². The van der Waals surface area contributed by atoms with Gasteiger partial charge in [-0.2, -0.15) is 0 Å². The minimum absolute atomic E-state index is 0.375. The molecular weight excluding hydrogens is 160 g/mol. The molecule has 0 fully saturated rings. The van der Waals surface area contributed by atoms with Crippen LogP contribution in [0.3, 0.4) is 0 Å². The molecule has 0 heterocycles. The van der Waals surface area contributed by atoms with Gasteiger partial charge in [0.15, 0.2) is 0 Å². The van der Waals surface area contributed by atoms with Crippen molar-refractivity contribution in [3.8, 4) is 5.75 Å². The van der Waals surface area contributed by atoms with Gasteiger partial charge in [-0.3, -0.25) is 0 Å². The van der Waals surface area contributed by atoms with E-state index in [9.17, 15) is 5.11 Å². The summed E-state index contributed by atoms with van der Waals surface area (Å²) in [5, 5.41) is 9.32. The number of benzene rings is 1. The van der Waals surface area contributed by atoms with E-state index in [0.717, 1.165) is 0 Å². The summed E-state index contributed by atoms with van der Waals surface area (Å²) < 4.78 is 0. The molecule has 2 aliphatic carbocycles. The second-order valence-electron chi connectivity index (χ2n) is 3.63. The average Bonchev–Trinajstić information content (AvgIpc) is 2.15. The first kappa shape index (κ1) is 6.96. The van der Waals surface area contributed by atoms with Crippen LogP contribution < -0.4 is 0 Å². The average molecular weight is 170 g/mol. The van der Waals surface area contributed by atoms with Crippen LogP contribution in [0.15, 0.2) is 42.5 Å². The van der Waals surface area contributed by atoms with E-state index in [1.807, 2.05) is 12.1 Å². The summed E-state index contributed by atoms with van der Waals surface area (Å²) in [6, 6.07) is 5.66. The molecule has 1 nitrogen and oxygen atoms in total. The summed E-state index contributed by atoms with van der Waals surface area (Å²) >= 11 is 0. The molecule has 0 spiro atoms. The molecule has 1 aromatic carbocycles. The summed E-state index contributed by atoms with van der Waals surface area (Å²) in [7, 11) is 0. The fourth-order valence-electron chi connectivity index (χ4n) is 2.26. The van der Waals surface area contributed by atoms with Gasteiger partial charge in [-0.25, -0.2) is 0 Å². The molecule has 0 aromatic heterocycles. The van der Waals surface area contributed by atoms with Gasteiger partial charge < -0.3 is 5.11 Å². The smallest absolute Gasteiger partial charge is 0.115 e. The first-order valence-corrected chi connectivity index (χ1v) is 4.54. The standard InChI is InChI=1S/C12H10O/c13-8-5-6-11-9-3-1-2-4-10(9)12(11)7-8/h1-7,9-10,13H. The Bertz CT molecular complexity index is 415. The van der Waals surface area contributed by atoms with Crippen LogP contribution in [0.1, 0.15) is 23.0 Å². The van der Waals surface area contributed by atoms with E-state index in [1.165, 1.54) is 11.1 Å². The van der Waals surface area contributed by atoms with Gasteiger partial charge in [0.2, 0.25) is 0 Å². The zero-order valence-corrected chi connectivity index (χ0v) is 7.14. The molecule has 0 aliphatic heterocycles. The van der Waals surface area contributed by atoms with Gasteiger partial charge in [0.1, 0.15) is 5.75 Å². The van der Waals surface area contributed by atoms with Crippen molar-refractivity contribution in [1.29, 1.82) is 0 Å². The second-order valence-corrected chi connectivity index (χ2v) is 3.63. The SMILES string of the molecule is Oc1ccc2c(c1)C1C=CC=CC21. The third-order valence-corrected chi connectivity index (χ3v) is 2.92. The van der Waals surface area contributed by atoms with Gasteiger partial charge in [-0.05, 0) is 23.3 Å². The number of phenols is 1. The van der Waals surface area contributed by atoms with Gasteiger partial charge in [-0.15, -0.1) is 0 Å². The third kappa shape index (κ3) is 0.816. The maximum atomic E-state index is 9.32. The molecule has 0 amide bonds. The molecule has 2 unspecified atom stereocenters. The van der Waals surface area contributed by atoms with Crippen LogP contribution in [0.4, 0.5) is 0 Å². The van der Waals surface area contributed by atoms with Crippen molar-refractivity contribution in [2.24, 2.45) is 0 Å². The molecule has 1 aromatic rings. The highest BCUT2D eigenvalue weighted by atomic mass is 16.3. The highest BCUT2D eigenvalue weighted by Gasteiger charge is 2.34. The lowest BCUT2D eigenvalue weighted by atomic mass is 9.66. The van der Waals surface area contributed by atoms with Crippen LogP contribution in [0, 0.1) is 0 Å². The van der Waals surface area contributed by atoms with Crippen molar-refractivity contribution in [2.45, 2.75) is 11.8 Å². The van der Waals surface area contributed by atoms with Gasteiger partial charge >= 0.3 is 0 Å². The predicted octanol–water partition coefficient (Wildman–Crippen LogP) is 2.70. The molecule has 13 heavy (non-hydrogen) atoms. The van der Waals surface area contributed by atoms with Crippen molar-refractivity contribution in [3.05, 3.63) is 53.6 Å². The Kier molecular flexibility index (Phi) is 1.21. The summed E-state index contributed by atoms with van der Waals surface area (Å²) in [4.78, 5) is 0. The number of hydrogen-bond acceptors (Lipinski definition) is 1. The van der Waals surface area contributed by atoms with Crippen LogP contribution in [-0.4, -0.2) is 5.11 Å². The zero-order valence-electron chi connectivity index (χ0n) is 7.14. The topological polar surface area (TPSA) is 20.2 Å². The fourth-order valence-corrected chi connectivity index (χ4v) is 2.26. The molecule has 0 radical (unpaired) electrons. The predicted molar refractivity (Wildman–Crippen MR) is 51.9 cm³/mol. The van der Waals surface area contributed by atoms with Gasteiger partial charge in [0.25, 0.3) is 0 Å². The quantitative estimate of drug-likeness (QED) is 0.634. The van der Waals surface area contributed by atoms with Crippen LogP contribution in [0.25, 0.3) is 0 Å². The normalized spacial score (nSPS) is 27.7. The number of phenolic OH excluding ortho intramolecular Hbond substituents is 1. The Morgan fingerprint density at radius 3 is 2.38 bits per heavy atom. The Hall–Kier alpha value is -1.50. The Morgan fingerprint density at radius 1 is 0.923 bits per heavy atom. The second kappa shape index (κ2) is 2.25. The minimum Gasteiger partial charge on any atom is -0.508 e. The van der Waals surface area contributed by atoms with Crippen LogP contribution in [0.2, 0.25) is 0 Å². The number of rotatable bonds is 0. The minimum atomic E-state index is 0.375. The molecular formula is C12H10O. The van der Waals surface area contributed by atoms with E-state index in [-0.39, 0.29) is 0 Å². The van der Waals surface area contributed by atoms with Gasteiger partial charge in [0.05, 0.1) is 0 Å². The highest BCUT2D eigenvalue weighted by Crippen LogP contribution is 2.50. The first-order chi connectivity index (χ1) is 6.36. The first-order valence-electron chi connectivity index (χ1n) is 4.54. The molecule has 2 aliphatic rings. The van der Waals surface area contributed by atoms with Crippen LogP contribution in [-0.2, 0) is 0 Å². The summed E-state index contributed by atoms with van der Waals surface area (Å²) in [5.74, 6) is 1.44. The van der Waals surface area contributed by atoms with Crippen molar-refractivity contribution in [2.75, 3.05) is 0 Å². The van der Waals surface area contributed by atoms with Gasteiger partial charge in [0, 0.05) is 11.8 Å². The molecule has 1 N–H and O–H groups in total. The van der Waals surface area contributed by atoms with Crippen molar-refractivity contribution in [3.63, 3.8) is 0 Å². The monoisotopic (exact) mass is 170 g/mol. The number of aromatic hydroxyl groups is 1. The summed E-state index contributed by atoms with van der Waals surface area (Å²) in [6.07, 6.45) is 8.60. The molecule has 64 valence electrons. The Morgan fingerprint density at radius 2 is 1.62 bits per heavy atom. The van der Waals surface area contributed by atoms with Gasteiger partial charge in [-0.1, -0.05) is 30.4 Å². The maximum absolute atomic E-state index is 9.32. The maximum Gasteiger partial charge on any atom is 0.115 e. The van der Waals surface area contributed by atoms with Crippen molar-refractivity contribution >= 4 is 0 Å².